The molecule has 0 fully saturated rings. The van der Waals surface area contributed by atoms with Gasteiger partial charge in [-0.1, -0.05) is 24.3 Å². The number of ether oxygens (including phenoxy) is 1. The van der Waals surface area contributed by atoms with Crippen molar-refractivity contribution in [2.75, 3.05) is 11.9 Å². The molecule has 25 heavy (non-hydrogen) atoms. The highest BCUT2D eigenvalue weighted by Crippen LogP contribution is 2.30. The third-order valence-corrected chi connectivity index (χ3v) is 3.43. The van der Waals surface area contributed by atoms with Gasteiger partial charge in [-0.2, -0.15) is 8.78 Å². The summed E-state index contributed by atoms with van der Waals surface area (Å²) in [4.78, 5) is 10.8. The quantitative estimate of drug-likeness (QED) is 0.717. The third kappa shape index (κ3) is 5.72. The maximum Gasteiger partial charge on any atom is 0.316 e. The lowest BCUT2D eigenvalue weighted by atomic mass is 10.1. The van der Waals surface area contributed by atoms with E-state index in [-0.39, 0.29) is 17.3 Å². The first-order valence-electron chi connectivity index (χ1n) is 7.78. The Bertz CT molecular complexity index is 736. The third-order valence-electron chi connectivity index (χ3n) is 3.43. The number of hydrogen-bond acceptors (Lipinski definition) is 3. The maximum absolute atomic E-state index is 14.4. The van der Waals surface area contributed by atoms with Crippen LogP contribution in [0, 0.1) is 0 Å². The van der Waals surface area contributed by atoms with Crippen LogP contribution < -0.4 is 21.5 Å². The van der Waals surface area contributed by atoms with Crippen LogP contribution in [-0.2, 0) is 12.3 Å². The summed E-state index contributed by atoms with van der Waals surface area (Å²) in [6.07, 6.45) is 0.633. The SMILES string of the molecule is C[C@@H](N)Cc1cccc(OCC(F)(F)c2cccc(NC(N)=O)c2)c1. The molecule has 0 radical (unpaired) electrons. The Labute approximate surface area is 145 Å². The molecule has 5 N–H and O–H groups in total. The molecule has 2 aromatic carbocycles. The van der Waals surface area contributed by atoms with Gasteiger partial charge in [0, 0.05) is 17.3 Å². The zero-order chi connectivity index (χ0) is 18.4. The number of halogens is 2. The van der Waals surface area contributed by atoms with Crippen LogP contribution in [0.3, 0.4) is 0 Å². The number of benzene rings is 2. The summed E-state index contributed by atoms with van der Waals surface area (Å²) in [6, 6.07) is 11.4. The zero-order valence-electron chi connectivity index (χ0n) is 13.8. The number of nitrogens with two attached hydrogens (primary N) is 2. The number of amides is 2. The second-order valence-electron chi connectivity index (χ2n) is 5.89. The molecule has 2 rings (SSSR count). The van der Waals surface area contributed by atoms with Crippen molar-refractivity contribution in [3.05, 3.63) is 59.7 Å². The Morgan fingerprint density at radius 2 is 1.96 bits per heavy atom. The smallest absolute Gasteiger partial charge is 0.316 e. The Morgan fingerprint density at radius 1 is 1.24 bits per heavy atom. The number of alkyl halides is 2. The van der Waals surface area contributed by atoms with E-state index >= 15 is 0 Å². The summed E-state index contributed by atoms with van der Waals surface area (Å²) in [5.74, 6) is -2.88. The van der Waals surface area contributed by atoms with Gasteiger partial charge in [0.1, 0.15) is 5.75 Å². The highest BCUT2D eigenvalue weighted by atomic mass is 19.3. The van der Waals surface area contributed by atoms with Crippen molar-refractivity contribution >= 4 is 11.7 Å². The van der Waals surface area contributed by atoms with E-state index in [1.807, 2.05) is 13.0 Å². The van der Waals surface area contributed by atoms with Crippen molar-refractivity contribution in [2.24, 2.45) is 11.5 Å². The number of hydrogen-bond donors (Lipinski definition) is 3. The average molecular weight is 349 g/mol. The molecule has 1 atom stereocenters. The monoisotopic (exact) mass is 349 g/mol. The summed E-state index contributed by atoms with van der Waals surface area (Å²) in [7, 11) is 0. The van der Waals surface area contributed by atoms with Gasteiger partial charge in [0.2, 0.25) is 0 Å². The number of rotatable bonds is 7. The van der Waals surface area contributed by atoms with Crippen LogP contribution in [-0.4, -0.2) is 18.7 Å². The predicted molar refractivity (Wildman–Crippen MR) is 92.8 cm³/mol. The first-order chi connectivity index (χ1) is 11.8. The number of nitrogens with one attached hydrogen (secondary N) is 1. The van der Waals surface area contributed by atoms with Crippen molar-refractivity contribution in [1.82, 2.24) is 0 Å². The standard InChI is InChI=1S/C18H21F2N3O2/c1-12(21)8-13-4-2-7-16(9-13)25-11-18(19,20)14-5-3-6-15(10-14)23-17(22)24/h2-7,9-10,12H,8,11,21H2,1H3,(H3,22,23,24)/t12-/m1/s1. The molecule has 0 saturated carbocycles. The molecule has 0 aromatic heterocycles. The molecule has 0 bridgehead atoms. The summed E-state index contributed by atoms with van der Waals surface area (Å²) >= 11 is 0. The number of carbonyl (C=O) groups excluding carboxylic acids is 1. The van der Waals surface area contributed by atoms with Gasteiger partial charge in [0.15, 0.2) is 6.61 Å². The summed E-state index contributed by atoms with van der Waals surface area (Å²) in [5.41, 5.74) is 11.6. The lowest BCUT2D eigenvalue weighted by Crippen LogP contribution is -2.24. The Hall–Kier alpha value is -2.67. The molecule has 2 aromatic rings. The van der Waals surface area contributed by atoms with E-state index < -0.39 is 18.6 Å². The maximum atomic E-state index is 14.4. The normalized spacial score (nSPS) is 12.5. The van der Waals surface area contributed by atoms with Gasteiger partial charge < -0.3 is 21.5 Å². The number of carbonyl (C=O) groups is 1. The topological polar surface area (TPSA) is 90.4 Å². The molecule has 7 heteroatoms. The minimum atomic E-state index is -3.23. The van der Waals surface area contributed by atoms with Crippen LogP contribution in [0.4, 0.5) is 19.3 Å². The fraction of sp³-hybridized carbons (Fsp3) is 0.278. The molecular formula is C18H21F2N3O2. The number of urea groups is 1. The summed E-state index contributed by atoms with van der Waals surface area (Å²) < 4.78 is 34.0. The van der Waals surface area contributed by atoms with Crippen molar-refractivity contribution < 1.29 is 18.3 Å². The minimum absolute atomic E-state index is 0.0304. The van der Waals surface area contributed by atoms with Gasteiger partial charge >= 0.3 is 12.0 Å². The predicted octanol–water partition coefficient (Wildman–Crippen LogP) is 3.24. The highest BCUT2D eigenvalue weighted by molar-refractivity contribution is 5.87. The first kappa shape index (κ1) is 18.7. The fourth-order valence-electron chi connectivity index (χ4n) is 2.36. The molecule has 0 saturated heterocycles. The van der Waals surface area contributed by atoms with Gasteiger partial charge in [-0.05, 0) is 43.2 Å². The molecule has 5 nitrogen and oxygen atoms in total. The Balaban J connectivity index is 2.07. The lowest BCUT2D eigenvalue weighted by molar-refractivity contribution is -0.0467. The summed E-state index contributed by atoms with van der Waals surface area (Å²) in [6.45, 7) is 1.05. The molecule has 0 aliphatic carbocycles. The van der Waals surface area contributed by atoms with Crippen molar-refractivity contribution in [2.45, 2.75) is 25.3 Å². The minimum Gasteiger partial charge on any atom is -0.487 e. The van der Waals surface area contributed by atoms with Crippen LogP contribution in [0.1, 0.15) is 18.1 Å². The lowest BCUT2D eigenvalue weighted by Gasteiger charge is -2.19. The van der Waals surface area contributed by atoms with Crippen LogP contribution in [0.15, 0.2) is 48.5 Å². The van der Waals surface area contributed by atoms with Gasteiger partial charge in [-0.25, -0.2) is 4.79 Å². The van der Waals surface area contributed by atoms with E-state index in [2.05, 4.69) is 5.32 Å². The van der Waals surface area contributed by atoms with Crippen molar-refractivity contribution in [3.8, 4) is 5.75 Å². The van der Waals surface area contributed by atoms with E-state index in [0.717, 1.165) is 5.56 Å². The molecule has 0 aliphatic rings. The molecule has 0 aliphatic heterocycles. The van der Waals surface area contributed by atoms with E-state index in [1.54, 1.807) is 18.2 Å². The number of anilines is 1. The Kier molecular flexibility index (Phi) is 5.93. The van der Waals surface area contributed by atoms with E-state index in [4.69, 9.17) is 16.2 Å². The highest BCUT2D eigenvalue weighted by Gasteiger charge is 2.33. The van der Waals surface area contributed by atoms with Crippen LogP contribution in [0.5, 0.6) is 5.75 Å². The number of primary amides is 1. The van der Waals surface area contributed by atoms with Crippen LogP contribution >= 0.6 is 0 Å². The fourth-order valence-corrected chi connectivity index (χ4v) is 2.36. The molecule has 0 heterocycles. The second kappa shape index (κ2) is 7.94. The molecule has 2 amide bonds. The molecule has 134 valence electrons. The van der Waals surface area contributed by atoms with Gasteiger partial charge in [0.25, 0.3) is 0 Å². The zero-order valence-corrected chi connectivity index (χ0v) is 13.8. The van der Waals surface area contributed by atoms with Crippen molar-refractivity contribution in [1.29, 1.82) is 0 Å². The van der Waals surface area contributed by atoms with Crippen LogP contribution in [0.25, 0.3) is 0 Å². The summed E-state index contributed by atoms with van der Waals surface area (Å²) in [5, 5.41) is 2.27. The average Bonchev–Trinajstić information content (AvgIpc) is 2.52. The van der Waals surface area contributed by atoms with Crippen LogP contribution in [0.2, 0.25) is 0 Å². The molecule has 0 spiro atoms. The van der Waals surface area contributed by atoms with Gasteiger partial charge in [-0.3, -0.25) is 0 Å². The molecular weight excluding hydrogens is 328 g/mol. The van der Waals surface area contributed by atoms with E-state index in [1.165, 1.54) is 24.3 Å². The first-order valence-corrected chi connectivity index (χ1v) is 7.78. The van der Waals surface area contributed by atoms with Crippen molar-refractivity contribution in [3.63, 3.8) is 0 Å². The largest absolute Gasteiger partial charge is 0.487 e. The molecule has 0 unspecified atom stereocenters. The Morgan fingerprint density at radius 3 is 2.64 bits per heavy atom. The van der Waals surface area contributed by atoms with Gasteiger partial charge in [-0.15, -0.1) is 0 Å². The van der Waals surface area contributed by atoms with Gasteiger partial charge in [0.05, 0.1) is 0 Å². The van der Waals surface area contributed by atoms with E-state index in [0.29, 0.717) is 12.2 Å². The van der Waals surface area contributed by atoms with E-state index in [9.17, 15) is 13.6 Å². The second-order valence-corrected chi connectivity index (χ2v) is 5.89.